The zero-order valence-corrected chi connectivity index (χ0v) is 8.75. The predicted molar refractivity (Wildman–Crippen MR) is 60.3 cm³/mol. The summed E-state index contributed by atoms with van der Waals surface area (Å²) in [6.45, 7) is 4.55. The van der Waals surface area contributed by atoms with E-state index in [0.717, 1.165) is 23.1 Å². The van der Waals surface area contributed by atoms with Gasteiger partial charge in [-0.1, -0.05) is 19.1 Å². The fourth-order valence-corrected chi connectivity index (χ4v) is 1.41. The number of hydrogen-bond donors (Lipinski definition) is 2. The van der Waals surface area contributed by atoms with Crippen molar-refractivity contribution in [2.45, 2.75) is 20.3 Å². The Labute approximate surface area is 85.1 Å². The zero-order valence-electron chi connectivity index (χ0n) is 8.75. The van der Waals surface area contributed by atoms with Crippen molar-refractivity contribution in [3.63, 3.8) is 0 Å². The van der Waals surface area contributed by atoms with Gasteiger partial charge in [-0.05, 0) is 42.2 Å². The van der Waals surface area contributed by atoms with E-state index in [1.54, 1.807) is 6.07 Å². The SMILES string of the molecule is CCc1cc(/C=C/CN)c(C)cc1O. The van der Waals surface area contributed by atoms with Crippen molar-refractivity contribution >= 4 is 6.08 Å². The third-order valence-electron chi connectivity index (χ3n) is 2.28. The predicted octanol–water partition coefficient (Wildman–Crippen LogP) is 2.23. The van der Waals surface area contributed by atoms with Crippen LogP contribution < -0.4 is 5.73 Å². The molecule has 0 aliphatic heterocycles. The summed E-state index contributed by atoms with van der Waals surface area (Å²) >= 11 is 0. The third-order valence-corrected chi connectivity index (χ3v) is 2.28. The van der Waals surface area contributed by atoms with E-state index in [-0.39, 0.29) is 0 Å². The molecule has 76 valence electrons. The number of aryl methyl sites for hydroxylation is 2. The van der Waals surface area contributed by atoms with Gasteiger partial charge in [-0.3, -0.25) is 0 Å². The standard InChI is InChI=1S/C12H17NO/c1-3-10-8-11(5-4-6-13)9(2)7-12(10)14/h4-5,7-8,14H,3,6,13H2,1-2H3/b5-4+. The summed E-state index contributed by atoms with van der Waals surface area (Å²) in [5.74, 6) is 0.384. The molecule has 1 aromatic carbocycles. The van der Waals surface area contributed by atoms with Gasteiger partial charge in [0.2, 0.25) is 0 Å². The highest BCUT2D eigenvalue weighted by Gasteiger charge is 2.02. The van der Waals surface area contributed by atoms with E-state index < -0.39 is 0 Å². The number of phenols is 1. The van der Waals surface area contributed by atoms with Gasteiger partial charge in [0.05, 0.1) is 0 Å². The average molecular weight is 191 g/mol. The Bertz CT molecular complexity index is 342. The monoisotopic (exact) mass is 191 g/mol. The second-order valence-electron chi connectivity index (χ2n) is 3.33. The van der Waals surface area contributed by atoms with E-state index in [2.05, 4.69) is 0 Å². The lowest BCUT2D eigenvalue weighted by atomic mass is 10.0. The van der Waals surface area contributed by atoms with E-state index >= 15 is 0 Å². The second kappa shape index (κ2) is 4.82. The quantitative estimate of drug-likeness (QED) is 0.769. The molecule has 1 aromatic rings. The highest BCUT2D eigenvalue weighted by atomic mass is 16.3. The molecule has 0 spiro atoms. The van der Waals surface area contributed by atoms with Gasteiger partial charge >= 0.3 is 0 Å². The number of phenolic OH excluding ortho intramolecular Hbond substituents is 1. The largest absolute Gasteiger partial charge is 0.508 e. The van der Waals surface area contributed by atoms with E-state index in [1.807, 2.05) is 32.1 Å². The summed E-state index contributed by atoms with van der Waals surface area (Å²) < 4.78 is 0. The van der Waals surface area contributed by atoms with Crippen molar-refractivity contribution in [2.75, 3.05) is 6.54 Å². The van der Waals surface area contributed by atoms with E-state index in [9.17, 15) is 5.11 Å². The Balaban J connectivity index is 3.10. The van der Waals surface area contributed by atoms with Crippen molar-refractivity contribution in [3.8, 4) is 5.75 Å². The lowest BCUT2D eigenvalue weighted by Gasteiger charge is -2.06. The normalized spacial score (nSPS) is 11.1. The molecule has 0 heterocycles. The van der Waals surface area contributed by atoms with Gasteiger partial charge in [0.15, 0.2) is 0 Å². The first kappa shape index (κ1) is 10.8. The maximum absolute atomic E-state index is 9.59. The minimum absolute atomic E-state index is 0.384. The van der Waals surface area contributed by atoms with Crippen molar-refractivity contribution in [1.82, 2.24) is 0 Å². The molecule has 1 rings (SSSR count). The number of hydrogen-bond acceptors (Lipinski definition) is 2. The molecule has 2 heteroatoms. The maximum Gasteiger partial charge on any atom is 0.119 e. The molecule has 0 aromatic heterocycles. The van der Waals surface area contributed by atoms with Crippen LogP contribution in [0.15, 0.2) is 18.2 Å². The molecule has 0 saturated carbocycles. The lowest BCUT2D eigenvalue weighted by Crippen LogP contribution is -1.93. The molecule has 0 bridgehead atoms. The minimum atomic E-state index is 0.384. The molecule has 0 unspecified atom stereocenters. The van der Waals surface area contributed by atoms with E-state index in [4.69, 9.17) is 5.73 Å². The molecule has 0 atom stereocenters. The molecule has 0 amide bonds. The van der Waals surface area contributed by atoms with Crippen molar-refractivity contribution in [1.29, 1.82) is 0 Å². The van der Waals surface area contributed by atoms with Crippen molar-refractivity contribution in [3.05, 3.63) is 34.9 Å². The summed E-state index contributed by atoms with van der Waals surface area (Å²) in [7, 11) is 0. The van der Waals surface area contributed by atoms with Gasteiger partial charge in [-0.15, -0.1) is 0 Å². The molecule has 3 N–H and O–H groups in total. The fraction of sp³-hybridized carbons (Fsp3) is 0.333. The van der Waals surface area contributed by atoms with Crippen LogP contribution in [-0.4, -0.2) is 11.7 Å². The number of benzene rings is 1. The maximum atomic E-state index is 9.59. The molecular formula is C12H17NO. The van der Waals surface area contributed by atoms with E-state index in [0.29, 0.717) is 12.3 Å². The second-order valence-corrected chi connectivity index (χ2v) is 3.33. The van der Waals surface area contributed by atoms with Crippen LogP contribution in [-0.2, 0) is 6.42 Å². The first-order chi connectivity index (χ1) is 6.69. The van der Waals surface area contributed by atoms with Gasteiger partial charge in [-0.25, -0.2) is 0 Å². The molecular weight excluding hydrogens is 174 g/mol. The van der Waals surface area contributed by atoms with Gasteiger partial charge in [0.1, 0.15) is 5.75 Å². The fourth-order valence-electron chi connectivity index (χ4n) is 1.41. The first-order valence-electron chi connectivity index (χ1n) is 4.88. The van der Waals surface area contributed by atoms with Crippen LogP contribution >= 0.6 is 0 Å². The Hall–Kier alpha value is -1.28. The molecule has 0 radical (unpaired) electrons. The van der Waals surface area contributed by atoms with Crippen LogP contribution in [0.4, 0.5) is 0 Å². The van der Waals surface area contributed by atoms with Crippen molar-refractivity contribution < 1.29 is 5.11 Å². The summed E-state index contributed by atoms with van der Waals surface area (Å²) in [6, 6.07) is 3.81. The molecule has 14 heavy (non-hydrogen) atoms. The molecule has 0 saturated heterocycles. The Morgan fingerprint density at radius 1 is 1.43 bits per heavy atom. The lowest BCUT2D eigenvalue weighted by molar-refractivity contribution is 0.468. The smallest absolute Gasteiger partial charge is 0.119 e. The number of nitrogens with two attached hydrogens (primary N) is 1. The number of aromatic hydroxyl groups is 1. The van der Waals surface area contributed by atoms with Gasteiger partial charge in [0.25, 0.3) is 0 Å². The van der Waals surface area contributed by atoms with Crippen LogP contribution in [0.2, 0.25) is 0 Å². The van der Waals surface area contributed by atoms with Crippen LogP contribution in [0, 0.1) is 6.92 Å². The van der Waals surface area contributed by atoms with Crippen LogP contribution in [0.25, 0.3) is 6.08 Å². The first-order valence-corrected chi connectivity index (χ1v) is 4.88. The molecule has 0 fully saturated rings. The number of rotatable bonds is 3. The highest BCUT2D eigenvalue weighted by molar-refractivity contribution is 5.57. The van der Waals surface area contributed by atoms with Crippen LogP contribution in [0.3, 0.4) is 0 Å². The average Bonchev–Trinajstić information content (AvgIpc) is 2.17. The van der Waals surface area contributed by atoms with Crippen LogP contribution in [0.1, 0.15) is 23.6 Å². The molecule has 0 aliphatic rings. The summed E-state index contributed by atoms with van der Waals surface area (Å²) in [5.41, 5.74) is 8.57. The summed E-state index contributed by atoms with van der Waals surface area (Å²) in [6.07, 6.45) is 4.75. The van der Waals surface area contributed by atoms with Gasteiger partial charge in [-0.2, -0.15) is 0 Å². The topological polar surface area (TPSA) is 46.2 Å². The summed E-state index contributed by atoms with van der Waals surface area (Å²) in [5, 5.41) is 9.59. The van der Waals surface area contributed by atoms with Gasteiger partial charge < -0.3 is 10.8 Å². The van der Waals surface area contributed by atoms with Gasteiger partial charge in [0, 0.05) is 6.54 Å². The Kier molecular flexibility index (Phi) is 3.72. The van der Waals surface area contributed by atoms with Crippen LogP contribution in [0.5, 0.6) is 5.75 Å². The Morgan fingerprint density at radius 3 is 2.71 bits per heavy atom. The minimum Gasteiger partial charge on any atom is -0.508 e. The Morgan fingerprint density at radius 2 is 2.14 bits per heavy atom. The third kappa shape index (κ3) is 2.36. The van der Waals surface area contributed by atoms with Crippen molar-refractivity contribution in [2.24, 2.45) is 5.73 Å². The van der Waals surface area contributed by atoms with E-state index in [1.165, 1.54) is 0 Å². The zero-order chi connectivity index (χ0) is 10.6. The summed E-state index contributed by atoms with van der Waals surface area (Å²) in [4.78, 5) is 0. The molecule has 0 aliphatic carbocycles. The highest BCUT2D eigenvalue weighted by Crippen LogP contribution is 2.23. The molecule has 2 nitrogen and oxygen atoms in total.